The number of rotatable bonds is 7. The molecule has 2 aromatic carbocycles. The summed E-state index contributed by atoms with van der Waals surface area (Å²) in [6.07, 6.45) is 2.82. The zero-order valence-corrected chi connectivity index (χ0v) is 15.2. The first kappa shape index (κ1) is 19.2. The highest BCUT2D eigenvalue weighted by Crippen LogP contribution is 2.17. The first-order chi connectivity index (χ1) is 13.4. The fourth-order valence-corrected chi connectivity index (χ4v) is 3.11. The minimum absolute atomic E-state index is 0.0195. The maximum atomic E-state index is 13.1. The van der Waals surface area contributed by atoms with Crippen LogP contribution in [0, 0.1) is 5.82 Å². The third kappa shape index (κ3) is 5.24. The largest absolute Gasteiger partial charge is 0.484 e. The lowest BCUT2D eigenvalue weighted by Gasteiger charge is -2.09. The second-order valence-electron chi connectivity index (χ2n) is 5.50. The van der Waals surface area contributed by atoms with Crippen LogP contribution in [0.4, 0.5) is 16.0 Å². The van der Waals surface area contributed by atoms with Gasteiger partial charge in [0.05, 0.1) is 4.90 Å². The molecule has 1 heterocycles. The van der Waals surface area contributed by atoms with E-state index < -0.39 is 21.7 Å². The first-order valence-corrected chi connectivity index (χ1v) is 9.49. The van der Waals surface area contributed by atoms with Crippen molar-refractivity contribution in [2.24, 2.45) is 0 Å². The molecule has 1 aromatic heterocycles. The van der Waals surface area contributed by atoms with Gasteiger partial charge in [-0.2, -0.15) is 0 Å². The highest BCUT2D eigenvalue weighted by atomic mass is 32.2. The highest BCUT2D eigenvalue weighted by molar-refractivity contribution is 7.92. The normalized spacial score (nSPS) is 10.9. The molecule has 28 heavy (non-hydrogen) atoms. The van der Waals surface area contributed by atoms with Crippen molar-refractivity contribution in [2.75, 3.05) is 16.6 Å². The van der Waals surface area contributed by atoms with E-state index in [9.17, 15) is 17.6 Å². The molecule has 3 aromatic rings. The monoisotopic (exact) mass is 402 g/mol. The number of hydrogen-bond donors (Lipinski definition) is 2. The van der Waals surface area contributed by atoms with E-state index in [-0.39, 0.29) is 23.2 Å². The summed E-state index contributed by atoms with van der Waals surface area (Å²) in [6, 6.07) is 12.5. The summed E-state index contributed by atoms with van der Waals surface area (Å²) in [5.41, 5.74) is 0.378. The molecule has 0 unspecified atom stereocenters. The minimum atomic E-state index is -3.86. The summed E-state index contributed by atoms with van der Waals surface area (Å²) in [5.74, 6) is -0.764. The molecule has 8 nitrogen and oxygen atoms in total. The molecule has 0 fully saturated rings. The molecule has 10 heteroatoms. The fraction of sp³-hybridized carbons (Fsp3) is 0.0556. The van der Waals surface area contributed by atoms with Crippen LogP contribution >= 0.6 is 0 Å². The Labute approximate surface area is 160 Å². The smallest absolute Gasteiger partial charge is 0.264 e. The Bertz CT molecular complexity index is 1060. The molecule has 144 valence electrons. The van der Waals surface area contributed by atoms with Gasteiger partial charge in [-0.15, -0.1) is 0 Å². The molecule has 0 aliphatic carbocycles. The predicted octanol–water partition coefficient (Wildman–Crippen LogP) is 2.43. The SMILES string of the molecule is O=C(COc1cccc(F)c1)Nc1ccc(S(=O)(=O)Nc2ncccn2)cc1. The van der Waals surface area contributed by atoms with Gasteiger partial charge in [-0.05, 0) is 42.5 Å². The number of benzene rings is 2. The van der Waals surface area contributed by atoms with Crippen molar-refractivity contribution in [3.8, 4) is 5.75 Å². The van der Waals surface area contributed by atoms with Crippen molar-refractivity contribution < 1.29 is 22.3 Å². The van der Waals surface area contributed by atoms with Crippen LogP contribution in [0.3, 0.4) is 0 Å². The average Bonchev–Trinajstić information content (AvgIpc) is 2.67. The molecule has 3 rings (SSSR count). The summed E-state index contributed by atoms with van der Waals surface area (Å²) in [5, 5.41) is 2.56. The van der Waals surface area contributed by atoms with E-state index in [1.54, 1.807) is 6.07 Å². The van der Waals surface area contributed by atoms with Gasteiger partial charge in [0, 0.05) is 24.1 Å². The summed E-state index contributed by atoms with van der Waals surface area (Å²) in [4.78, 5) is 19.5. The van der Waals surface area contributed by atoms with Gasteiger partial charge in [-0.25, -0.2) is 27.5 Å². The predicted molar refractivity (Wildman–Crippen MR) is 99.8 cm³/mol. The number of amides is 1. The second-order valence-corrected chi connectivity index (χ2v) is 7.18. The lowest BCUT2D eigenvalue weighted by atomic mass is 10.3. The number of anilines is 2. The van der Waals surface area contributed by atoms with Crippen molar-refractivity contribution in [1.29, 1.82) is 0 Å². The molecule has 0 saturated heterocycles. The Hall–Kier alpha value is -3.53. The highest BCUT2D eigenvalue weighted by Gasteiger charge is 2.15. The molecule has 0 saturated carbocycles. The van der Waals surface area contributed by atoms with Crippen LogP contribution in [0.2, 0.25) is 0 Å². The number of hydrogen-bond acceptors (Lipinski definition) is 6. The number of sulfonamides is 1. The van der Waals surface area contributed by atoms with E-state index in [1.165, 1.54) is 54.9 Å². The number of carbonyl (C=O) groups excluding carboxylic acids is 1. The lowest BCUT2D eigenvalue weighted by Crippen LogP contribution is -2.20. The molecule has 0 radical (unpaired) electrons. The van der Waals surface area contributed by atoms with Gasteiger partial charge in [0.2, 0.25) is 5.95 Å². The number of nitrogens with one attached hydrogen (secondary N) is 2. The standard InChI is InChI=1S/C18H15FN4O4S/c19-13-3-1-4-15(11-13)27-12-17(24)22-14-5-7-16(8-6-14)28(25,26)23-18-20-9-2-10-21-18/h1-11H,12H2,(H,22,24)(H,20,21,23). The maximum Gasteiger partial charge on any atom is 0.264 e. The molecule has 0 atom stereocenters. The Kier molecular flexibility index (Phi) is 5.80. The fourth-order valence-electron chi connectivity index (χ4n) is 2.15. The van der Waals surface area contributed by atoms with Gasteiger partial charge in [0.25, 0.3) is 15.9 Å². The summed E-state index contributed by atoms with van der Waals surface area (Å²) < 4.78 is 45.1. The molecule has 2 N–H and O–H groups in total. The van der Waals surface area contributed by atoms with E-state index in [0.717, 1.165) is 6.07 Å². The lowest BCUT2D eigenvalue weighted by molar-refractivity contribution is -0.118. The van der Waals surface area contributed by atoms with Crippen molar-refractivity contribution in [2.45, 2.75) is 4.90 Å². The van der Waals surface area contributed by atoms with Gasteiger partial charge in [0.15, 0.2) is 6.61 Å². The molecule has 0 bridgehead atoms. The van der Waals surface area contributed by atoms with E-state index in [0.29, 0.717) is 5.69 Å². The molecule has 0 aliphatic rings. The third-order valence-corrected chi connectivity index (χ3v) is 4.75. The van der Waals surface area contributed by atoms with Crippen LogP contribution in [0.25, 0.3) is 0 Å². The zero-order valence-electron chi connectivity index (χ0n) is 14.4. The molecular formula is C18H15FN4O4S. The van der Waals surface area contributed by atoms with Crippen LogP contribution in [0.15, 0.2) is 71.9 Å². The van der Waals surface area contributed by atoms with Gasteiger partial charge in [-0.3, -0.25) is 4.79 Å². The summed E-state index contributed by atoms with van der Waals surface area (Å²) in [6.45, 7) is -0.323. The van der Waals surface area contributed by atoms with Gasteiger partial charge < -0.3 is 10.1 Å². The van der Waals surface area contributed by atoms with Crippen molar-refractivity contribution in [3.05, 3.63) is 72.8 Å². The number of carbonyl (C=O) groups is 1. The number of halogens is 1. The summed E-state index contributed by atoms with van der Waals surface area (Å²) >= 11 is 0. The molecular weight excluding hydrogens is 387 g/mol. The Morgan fingerprint density at radius 2 is 1.75 bits per heavy atom. The number of ether oxygens (including phenoxy) is 1. The Morgan fingerprint density at radius 3 is 2.43 bits per heavy atom. The van der Waals surface area contributed by atoms with E-state index >= 15 is 0 Å². The number of aromatic nitrogens is 2. The van der Waals surface area contributed by atoms with Gasteiger partial charge in [-0.1, -0.05) is 6.07 Å². The van der Waals surface area contributed by atoms with Crippen LogP contribution in [-0.4, -0.2) is 30.9 Å². The number of nitrogens with zero attached hydrogens (tertiary/aromatic N) is 2. The van der Waals surface area contributed by atoms with Gasteiger partial charge >= 0.3 is 0 Å². The van der Waals surface area contributed by atoms with Crippen molar-refractivity contribution in [3.63, 3.8) is 0 Å². The Morgan fingerprint density at radius 1 is 1.04 bits per heavy atom. The average molecular weight is 402 g/mol. The quantitative estimate of drug-likeness (QED) is 0.628. The van der Waals surface area contributed by atoms with Gasteiger partial charge in [0.1, 0.15) is 11.6 Å². The molecule has 1 amide bonds. The molecule has 0 spiro atoms. The maximum absolute atomic E-state index is 13.1. The topological polar surface area (TPSA) is 110 Å². The zero-order chi connectivity index (χ0) is 20.0. The third-order valence-electron chi connectivity index (χ3n) is 3.41. The minimum Gasteiger partial charge on any atom is -0.484 e. The first-order valence-electron chi connectivity index (χ1n) is 8.00. The van der Waals surface area contributed by atoms with Crippen molar-refractivity contribution in [1.82, 2.24) is 9.97 Å². The van der Waals surface area contributed by atoms with E-state index in [4.69, 9.17) is 4.74 Å². The van der Waals surface area contributed by atoms with Crippen LogP contribution < -0.4 is 14.8 Å². The second kappa shape index (κ2) is 8.44. The van der Waals surface area contributed by atoms with E-state index in [2.05, 4.69) is 20.0 Å². The summed E-state index contributed by atoms with van der Waals surface area (Å²) in [7, 11) is -3.86. The van der Waals surface area contributed by atoms with Crippen molar-refractivity contribution >= 4 is 27.6 Å². The Balaban J connectivity index is 1.58. The van der Waals surface area contributed by atoms with Crippen LogP contribution in [-0.2, 0) is 14.8 Å². The van der Waals surface area contributed by atoms with Crippen LogP contribution in [0.5, 0.6) is 5.75 Å². The van der Waals surface area contributed by atoms with E-state index in [1.807, 2.05) is 0 Å². The molecule has 0 aliphatic heterocycles. The van der Waals surface area contributed by atoms with Crippen LogP contribution in [0.1, 0.15) is 0 Å².